The second kappa shape index (κ2) is 3.93. The quantitative estimate of drug-likeness (QED) is 0.656. The second-order valence-electron chi connectivity index (χ2n) is 2.05. The van der Waals surface area contributed by atoms with Gasteiger partial charge in [0.05, 0.1) is 0 Å². The SMILES string of the molecule is CCOCc1cccc(=O)o1. The molecule has 1 rings (SSSR count). The Morgan fingerprint density at radius 3 is 3.00 bits per heavy atom. The molecule has 0 radical (unpaired) electrons. The Morgan fingerprint density at radius 2 is 2.36 bits per heavy atom. The molecule has 0 amide bonds. The first-order valence-corrected chi connectivity index (χ1v) is 3.49. The van der Waals surface area contributed by atoms with Gasteiger partial charge in [-0.25, -0.2) is 4.79 Å². The molecule has 3 nitrogen and oxygen atoms in total. The molecule has 0 aliphatic carbocycles. The maximum absolute atomic E-state index is 10.6. The number of hydrogen-bond acceptors (Lipinski definition) is 3. The van der Waals surface area contributed by atoms with Crippen LogP contribution in [0, 0.1) is 0 Å². The fraction of sp³-hybridized carbons (Fsp3) is 0.375. The zero-order valence-electron chi connectivity index (χ0n) is 6.37. The molecule has 0 aromatic carbocycles. The highest BCUT2D eigenvalue weighted by atomic mass is 16.5. The first-order valence-electron chi connectivity index (χ1n) is 3.49. The zero-order chi connectivity index (χ0) is 8.10. The number of hydrogen-bond donors (Lipinski definition) is 0. The molecule has 1 aromatic rings. The van der Waals surface area contributed by atoms with E-state index in [1.807, 2.05) is 6.92 Å². The molecule has 0 N–H and O–H groups in total. The summed E-state index contributed by atoms with van der Waals surface area (Å²) < 4.78 is 9.84. The molecule has 0 saturated carbocycles. The lowest BCUT2D eigenvalue weighted by Gasteiger charge is -1.97. The lowest BCUT2D eigenvalue weighted by atomic mass is 10.4. The molecule has 60 valence electrons. The van der Waals surface area contributed by atoms with Gasteiger partial charge in [0.25, 0.3) is 0 Å². The predicted molar refractivity (Wildman–Crippen MR) is 40.3 cm³/mol. The second-order valence-corrected chi connectivity index (χ2v) is 2.05. The van der Waals surface area contributed by atoms with E-state index in [4.69, 9.17) is 9.15 Å². The standard InChI is InChI=1S/C8H10O3/c1-2-10-6-7-4-3-5-8(9)11-7/h3-5H,2,6H2,1H3. The summed E-state index contributed by atoms with van der Waals surface area (Å²) in [6.45, 7) is 2.88. The predicted octanol–water partition coefficient (Wildman–Crippen LogP) is 1.18. The summed E-state index contributed by atoms with van der Waals surface area (Å²) in [4.78, 5) is 10.6. The van der Waals surface area contributed by atoms with Crippen molar-refractivity contribution in [1.29, 1.82) is 0 Å². The van der Waals surface area contributed by atoms with E-state index in [1.165, 1.54) is 6.07 Å². The van der Waals surface area contributed by atoms with Crippen LogP contribution < -0.4 is 5.63 Å². The van der Waals surface area contributed by atoms with Crippen molar-refractivity contribution in [3.05, 3.63) is 34.4 Å². The molecule has 1 heterocycles. The number of rotatable bonds is 3. The van der Waals surface area contributed by atoms with Crippen LogP contribution in [0.15, 0.2) is 27.4 Å². The summed E-state index contributed by atoms with van der Waals surface area (Å²) in [7, 11) is 0. The summed E-state index contributed by atoms with van der Waals surface area (Å²) >= 11 is 0. The minimum Gasteiger partial charge on any atom is -0.425 e. The van der Waals surface area contributed by atoms with E-state index < -0.39 is 0 Å². The fourth-order valence-corrected chi connectivity index (χ4v) is 0.711. The van der Waals surface area contributed by atoms with Gasteiger partial charge in [0.1, 0.15) is 12.4 Å². The van der Waals surface area contributed by atoms with E-state index in [9.17, 15) is 4.79 Å². The van der Waals surface area contributed by atoms with Crippen molar-refractivity contribution >= 4 is 0 Å². The highest BCUT2D eigenvalue weighted by Gasteiger charge is 1.93. The largest absolute Gasteiger partial charge is 0.425 e. The lowest BCUT2D eigenvalue weighted by Crippen LogP contribution is -1.99. The zero-order valence-corrected chi connectivity index (χ0v) is 6.37. The van der Waals surface area contributed by atoms with Gasteiger partial charge in [-0.05, 0) is 13.0 Å². The van der Waals surface area contributed by atoms with Crippen LogP contribution in [-0.2, 0) is 11.3 Å². The molecule has 0 spiro atoms. The average Bonchev–Trinajstić information content (AvgIpc) is 2.01. The van der Waals surface area contributed by atoms with E-state index in [0.717, 1.165) is 0 Å². The molecule has 0 unspecified atom stereocenters. The van der Waals surface area contributed by atoms with Crippen molar-refractivity contribution in [1.82, 2.24) is 0 Å². The monoisotopic (exact) mass is 154 g/mol. The van der Waals surface area contributed by atoms with Gasteiger partial charge in [-0.2, -0.15) is 0 Å². The average molecular weight is 154 g/mol. The normalized spacial score (nSPS) is 9.91. The van der Waals surface area contributed by atoms with Crippen LogP contribution in [0.4, 0.5) is 0 Å². The van der Waals surface area contributed by atoms with Crippen molar-refractivity contribution < 1.29 is 9.15 Å². The Labute approximate surface area is 64.6 Å². The Kier molecular flexibility index (Phi) is 2.86. The summed E-state index contributed by atoms with van der Waals surface area (Å²) in [5.41, 5.74) is -0.331. The molecule has 3 heteroatoms. The summed E-state index contributed by atoms with van der Waals surface area (Å²) in [5, 5.41) is 0. The Morgan fingerprint density at radius 1 is 1.55 bits per heavy atom. The van der Waals surface area contributed by atoms with Crippen molar-refractivity contribution in [3.8, 4) is 0 Å². The lowest BCUT2D eigenvalue weighted by molar-refractivity contribution is 0.115. The maximum Gasteiger partial charge on any atom is 0.335 e. The summed E-state index contributed by atoms with van der Waals surface area (Å²) in [6.07, 6.45) is 0. The van der Waals surface area contributed by atoms with Crippen LogP contribution in [0.2, 0.25) is 0 Å². The maximum atomic E-state index is 10.6. The third kappa shape index (κ3) is 2.55. The smallest absolute Gasteiger partial charge is 0.335 e. The van der Waals surface area contributed by atoms with Gasteiger partial charge in [-0.1, -0.05) is 6.07 Å². The van der Waals surface area contributed by atoms with Crippen molar-refractivity contribution in [2.75, 3.05) is 6.61 Å². The third-order valence-corrected chi connectivity index (χ3v) is 1.19. The van der Waals surface area contributed by atoms with Crippen molar-refractivity contribution in [3.63, 3.8) is 0 Å². The van der Waals surface area contributed by atoms with Crippen LogP contribution >= 0.6 is 0 Å². The molecular formula is C8H10O3. The third-order valence-electron chi connectivity index (χ3n) is 1.19. The Hall–Kier alpha value is -1.09. The fourth-order valence-electron chi connectivity index (χ4n) is 0.711. The van der Waals surface area contributed by atoms with Crippen molar-refractivity contribution in [2.24, 2.45) is 0 Å². The van der Waals surface area contributed by atoms with Crippen LogP contribution in [0.3, 0.4) is 0 Å². The van der Waals surface area contributed by atoms with Gasteiger partial charge in [0, 0.05) is 12.7 Å². The van der Waals surface area contributed by atoms with E-state index in [0.29, 0.717) is 19.0 Å². The highest BCUT2D eigenvalue weighted by molar-refractivity contribution is 4.97. The van der Waals surface area contributed by atoms with E-state index >= 15 is 0 Å². The molecular weight excluding hydrogens is 144 g/mol. The Bertz CT molecular complexity index is 264. The van der Waals surface area contributed by atoms with Gasteiger partial charge in [-0.15, -0.1) is 0 Å². The van der Waals surface area contributed by atoms with Crippen molar-refractivity contribution in [2.45, 2.75) is 13.5 Å². The van der Waals surface area contributed by atoms with E-state index in [1.54, 1.807) is 12.1 Å². The molecule has 0 saturated heterocycles. The topological polar surface area (TPSA) is 39.4 Å². The van der Waals surface area contributed by atoms with Gasteiger partial charge >= 0.3 is 5.63 Å². The molecule has 11 heavy (non-hydrogen) atoms. The molecule has 1 aromatic heterocycles. The molecule has 0 bridgehead atoms. The van der Waals surface area contributed by atoms with Gasteiger partial charge in [0.15, 0.2) is 0 Å². The van der Waals surface area contributed by atoms with E-state index in [-0.39, 0.29) is 5.63 Å². The summed E-state index contributed by atoms with van der Waals surface area (Å²) in [5.74, 6) is 0.569. The highest BCUT2D eigenvalue weighted by Crippen LogP contribution is 1.96. The first kappa shape index (κ1) is 8.01. The number of ether oxygens (including phenoxy) is 1. The molecule has 0 aliphatic rings. The van der Waals surface area contributed by atoms with Gasteiger partial charge in [-0.3, -0.25) is 0 Å². The van der Waals surface area contributed by atoms with E-state index in [2.05, 4.69) is 0 Å². The van der Waals surface area contributed by atoms with Crippen LogP contribution in [0.1, 0.15) is 12.7 Å². The van der Waals surface area contributed by atoms with Crippen LogP contribution in [0.25, 0.3) is 0 Å². The van der Waals surface area contributed by atoms with Crippen LogP contribution in [0.5, 0.6) is 0 Å². The first-order chi connectivity index (χ1) is 5.33. The summed E-state index contributed by atoms with van der Waals surface area (Å²) in [6, 6.07) is 4.74. The molecule has 0 aliphatic heterocycles. The molecule has 0 fully saturated rings. The Balaban J connectivity index is 2.64. The van der Waals surface area contributed by atoms with Gasteiger partial charge in [0.2, 0.25) is 0 Å². The minimum atomic E-state index is -0.331. The minimum absolute atomic E-state index is 0.331. The van der Waals surface area contributed by atoms with Crippen LogP contribution in [-0.4, -0.2) is 6.61 Å². The van der Waals surface area contributed by atoms with Gasteiger partial charge < -0.3 is 9.15 Å². The molecule has 0 atom stereocenters.